The molecule has 0 fully saturated rings. The minimum Gasteiger partial charge on any atom is -0.465 e. The van der Waals surface area contributed by atoms with Crippen LogP contribution in [0.25, 0.3) is 0 Å². The Bertz CT molecular complexity index is 151. The molecule has 0 heterocycles. The molecule has 0 aromatic heterocycles. The molecule has 2 N–H and O–H groups in total. The molecular weight excluding hydrogens is 202 g/mol. The van der Waals surface area contributed by atoms with Gasteiger partial charge in [-0.3, -0.25) is 4.79 Å². The van der Waals surface area contributed by atoms with Gasteiger partial charge in [0.2, 0.25) is 0 Å². The highest BCUT2D eigenvalue weighted by Gasteiger charge is 2.17. The molecule has 0 aromatic rings. The van der Waals surface area contributed by atoms with Gasteiger partial charge in [-0.1, -0.05) is 33.6 Å². The van der Waals surface area contributed by atoms with Crippen molar-refractivity contribution in [3.8, 4) is 0 Å². The summed E-state index contributed by atoms with van der Waals surface area (Å²) < 4.78 is 5.00. The van der Waals surface area contributed by atoms with E-state index in [1.165, 1.54) is 0 Å². The Hall–Kier alpha value is -0.280. The zero-order valence-electron chi connectivity index (χ0n) is 9.29. The Morgan fingerprint density at radius 3 is 2.36 bits per heavy atom. The minimum atomic E-state index is -0.471. The lowest BCUT2D eigenvalue weighted by atomic mass is 10.1. The van der Waals surface area contributed by atoms with Gasteiger partial charge in [-0.05, 0) is 12.3 Å². The summed E-state index contributed by atoms with van der Waals surface area (Å²) in [7, 11) is 0. The molecular formula is C10H22ClNO2. The first kappa shape index (κ1) is 16.2. The van der Waals surface area contributed by atoms with Gasteiger partial charge in [0.05, 0.1) is 6.61 Å². The van der Waals surface area contributed by atoms with Crippen LogP contribution in [0.2, 0.25) is 0 Å². The van der Waals surface area contributed by atoms with Crippen molar-refractivity contribution >= 4 is 18.4 Å². The van der Waals surface area contributed by atoms with Gasteiger partial charge in [-0.2, -0.15) is 0 Å². The largest absolute Gasteiger partial charge is 0.465 e. The van der Waals surface area contributed by atoms with E-state index in [0.717, 1.165) is 19.3 Å². The lowest BCUT2D eigenvalue weighted by molar-refractivity contribution is -0.146. The van der Waals surface area contributed by atoms with E-state index in [1.807, 2.05) is 13.8 Å². The van der Waals surface area contributed by atoms with Crippen molar-refractivity contribution in [1.29, 1.82) is 0 Å². The molecule has 0 radical (unpaired) electrons. The molecule has 0 aliphatic heterocycles. The lowest BCUT2D eigenvalue weighted by Gasteiger charge is -2.14. The van der Waals surface area contributed by atoms with Crippen molar-refractivity contribution < 1.29 is 9.53 Å². The first-order valence-electron chi connectivity index (χ1n) is 5.01. The fourth-order valence-corrected chi connectivity index (χ4v) is 0.893. The van der Waals surface area contributed by atoms with E-state index in [-0.39, 0.29) is 24.3 Å². The highest BCUT2D eigenvalue weighted by molar-refractivity contribution is 5.85. The molecule has 3 nitrogen and oxygen atoms in total. The van der Waals surface area contributed by atoms with Crippen LogP contribution in [0.1, 0.15) is 40.0 Å². The molecule has 0 bridgehead atoms. The Labute approximate surface area is 92.8 Å². The predicted molar refractivity (Wildman–Crippen MR) is 60.5 cm³/mol. The van der Waals surface area contributed by atoms with Crippen LogP contribution in [0.15, 0.2) is 0 Å². The monoisotopic (exact) mass is 223 g/mol. The van der Waals surface area contributed by atoms with Gasteiger partial charge in [0.1, 0.15) is 6.04 Å². The van der Waals surface area contributed by atoms with E-state index < -0.39 is 6.04 Å². The first-order valence-corrected chi connectivity index (χ1v) is 5.01. The summed E-state index contributed by atoms with van der Waals surface area (Å²) in [6, 6.07) is -0.471. The Kier molecular flexibility index (Phi) is 10.7. The molecule has 1 atom stereocenters. The summed E-state index contributed by atoms with van der Waals surface area (Å²) in [5.74, 6) is -0.121. The van der Waals surface area contributed by atoms with Gasteiger partial charge >= 0.3 is 5.97 Å². The molecule has 4 heteroatoms. The van der Waals surface area contributed by atoms with Crippen molar-refractivity contribution in [3.63, 3.8) is 0 Å². The maximum atomic E-state index is 11.2. The predicted octanol–water partition coefficient (Wildman–Crippen LogP) is 2.12. The number of ether oxygens (including phenoxy) is 1. The summed E-state index contributed by atoms with van der Waals surface area (Å²) in [6.07, 6.45) is 3.17. The van der Waals surface area contributed by atoms with Crippen LogP contribution in [0.5, 0.6) is 0 Å². The van der Waals surface area contributed by atoms with Crippen LogP contribution in [-0.2, 0) is 9.53 Å². The molecule has 0 saturated heterocycles. The minimum absolute atomic E-state index is 0. The third-order valence-corrected chi connectivity index (χ3v) is 1.98. The van der Waals surface area contributed by atoms with E-state index in [0.29, 0.717) is 6.61 Å². The molecule has 14 heavy (non-hydrogen) atoms. The average molecular weight is 224 g/mol. The Morgan fingerprint density at radius 2 is 1.93 bits per heavy atom. The van der Waals surface area contributed by atoms with Crippen LogP contribution in [-0.4, -0.2) is 18.6 Å². The number of rotatable bonds is 6. The van der Waals surface area contributed by atoms with E-state index in [2.05, 4.69) is 6.92 Å². The SMILES string of the molecule is CCCCCOC(=O)[C@@H](N)C(C)C.Cl. The third-order valence-electron chi connectivity index (χ3n) is 1.98. The van der Waals surface area contributed by atoms with E-state index in [9.17, 15) is 4.79 Å². The first-order chi connectivity index (χ1) is 6.09. The summed E-state index contributed by atoms with van der Waals surface area (Å²) in [5, 5.41) is 0. The number of esters is 1. The second-order valence-electron chi connectivity index (χ2n) is 3.64. The summed E-state index contributed by atoms with van der Waals surface area (Å²) >= 11 is 0. The van der Waals surface area contributed by atoms with Gasteiger partial charge in [0.25, 0.3) is 0 Å². The quantitative estimate of drug-likeness (QED) is 0.555. The number of hydrogen-bond acceptors (Lipinski definition) is 3. The van der Waals surface area contributed by atoms with Crippen molar-refractivity contribution in [3.05, 3.63) is 0 Å². The van der Waals surface area contributed by atoms with Gasteiger partial charge < -0.3 is 10.5 Å². The van der Waals surface area contributed by atoms with E-state index >= 15 is 0 Å². The summed E-state index contributed by atoms with van der Waals surface area (Å²) in [5.41, 5.74) is 5.60. The second kappa shape index (κ2) is 9.28. The van der Waals surface area contributed by atoms with Crippen molar-refractivity contribution in [2.75, 3.05) is 6.61 Å². The van der Waals surface area contributed by atoms with Crippen LogP contribution >= 0.6 is 12.4 Å². The smallest absolute Gasteiger partial charge is 0.323 e. The molecule has 0 spiro atoms. The number of nitrogens with two attached hydrogens (primary N) is 1. The lowest BCUT2D eigenvalue weighted by Crippen LogP contribution is -2.37. The van der Waals surface area contributed by atoms with Crippen LogP contribution in [0.3, 0.4) is 0 Å². The molecule has 0 aliphatic carbocycles. The van der Waals surface area contributed by atoms with Gasteiger partial charge in [0, 0.05) is 0 Å². The van der Waals surface area contributed by atoms with Crippen molar-refractivity contribution in [1.82, 2.24) is 0 Å². The molecule has 86 valence electrons. The van der Waals surface area contributed by atoms with E-state index in [4.69, 9.17) is 10.5 Å². The third kappa shape index (κ3) is 7.15. The number of unbranched alkanes of at least 4 members (excludes halogenated alkanes) is 2. The molecule has 0 unspecified atom stereocenters. The number of carbonyl (C=O) groups excluding carboxylic acids is 1. The Morgan fingerprint density at radius 1 is 1.36 bits per heavy atom. The van der Waals surface area contributed by atoms with Gasteiger partial charge in [-0.15, -0.1) is 12.4 Å². The normalized spacial score (nSPS) is 12.1. The van der Waals surface area contributed by atoms with Crippen LogP contribution in [0.4, 0.5) is 0 Å². The molecule has 0 saturated carbocycles. The molecule has 0 rings (SSSR count). The topological polar surface area (TPSA) is 52.3 Å². The number of hydrogen-bond donors (Lipinski definition) is 1. The fourth-order valence-electron chi connectivity index (χ4n) is 0.893. The van der Waals surface area contributed by atoms with Crippen LogP contribution < -0.4 is 5.73 Å². The van der Waals surface area contributed by atoms with Gasteiger partial charge in [-0.25, -0.2) is 0 Å². The highest BCUT2D eigenvalue weighted by atomic mass is 35.5. The van der Waals surface area contributed by atoms with E-state index in [1.54, 1.807) is 0 Å². The number of carbonyl (C=O) groups is 1. The maximum absolute atomic E-state index is 11.2. The zero-order chi connectivity index (χ0) is 10.3. The molecule has 0 amide bonds. The molecule has 0 aromatic carbocycles. The fraction of sp³-hybridized carbons (Fsp3) is 0.900. The van der Waals surface area contributed by atoms with Crippen LogP contribution in [0, 0.1) is 5.92 Å². The zero-order valence-corrected chi connectivity index (χ0v) is 10.1. The second-order valence-corrected chi connectivity index (χ2v) is 3.64. The maximum Gasteiger partial charge on any atom is 0.323 e. The van der Waals surface area contributed by atoms with Gasteiger partial charge in [0.15, 0.2) is 0 Å². The summed E-state index contributed by atoms with van der Waals surface area (Å²) in [4.78, 5) is 11.2. The Balaban J connectivity index is 0. The highest BCUT2D eigenvalue weighted by Crippen LogP contribution is 2.01. The average Bonchev–Trinajstić information content (AvgIpc) is 2.10. The van der Waals surface area contributed by atoms with Crippen molar-refractivity contribution in [2.24, 2.45) is 11.7 Å². The standard InChI is InChI=1S/C10H21NO2.ClH/c1-4-5-6-7-13-10(12)9(11)8(2)3;/h8-9H,4-7,11H2,1-3H3;1H/t9-;/m0./s1. The summed E-state index contributed by atoms with van der Waals surface area (Å²) in [6.45, 7) is 6.45. The number of halogens is 1. The molecule has 0 aliphatic rings. The van der Waals surface area contributed by atoms with Crippen molar-refractivity contribution in [2.45, 2.75) is 46.1 Å².